The van der Waals surface area contributed by atoms with Crippen LogP contribution in [-0.2, 0) is 4.79 Å². The fourth-order valence-electron chi connectivity index (χ4n) is 3.76. The number of aromatic nitrogens is 1. The molecule has 1 unspecified atom stereocenters. The zero-order chi connectivity index (χ0) is 21.4. The SMILES string of the molecule is COc1ccc(C2=NN(C(C)=O)C(c3cc4cc(C)ccc4nc3Cl)C2)c(OC)c1. The van der Waals surface area contributed by atoms with Crippen LogP contribution in [0.5, 0.6) is 11.5 Å². The summed E-state index contributed by atoms with van der Waals surface area (Å²) in [5, 5.41) is 7.44. The van der Waals surface area contributed by atoms with E-state index in [1.54, 1.807) is 20.3 Å². The quantitative estimate of drug-likeness (QED) is 0.559. The number of hydrogen-bond donors (Lipinski definition) is 0. The van der Waals surface area contributed by atoms with Crippen LogP contribution in [0.3, 0.4) is 0 Å². The van der Waals surface area contributed by atoms with Crippen LogP contribution in [0.4, 0.5) is 0 Å². The van der Waals surface area contributed by atoms with Gasteiger partial charge in [-0.1, -0.05) is 23.2 Å². The third kappa shape index (κ3) is 3.59. The van der Waals surface area contributed by atoms with Crippen LogP contribution < -0.4 is 9.47 Å². The van der Waals surface area contributed by atoms with Crippen molar-refractivity contribution in [3.8, 4) is 11.5 Å². The van der Waals surface area contributed by atoms with Crippen molar-refractivity contribution in [1.29, 1.82) is 0 Å². The number of aryl methyl sites for hydroxylation is 1. The number of rotatable bonds is 4. The van der Waals surface area contributed by atoms with E-state index in [-0.39, 0.29) is 11.9 Å². The number of nitrogens with zero attached hydrogens (tertiary/aromatic N) is 3. The Labute approximate surface area is 180 Å². The summed E-state index contributed by atoms with van der Waals surface area (Å²) in [6.45, 7) is 3.53. The Morgan fingerprint density at radius 2 is 1.93 bits per heavy atom. The highest BCUT2D eigenvalue weighted by Gasteiger charge is 2.34. The fourth-order valence-corrected chi connectivity index (χ4v) is 4.04. The summed E-state index contributed by atoms with van der Waals surface area (Å²) in [5.74, 6) is 1.16. The van der Waals surface area contributed by atoms with Crippen molar-refractivity contribution in [2.45, 2.75) is 26.3 Å². The van der Waals surface area contributed by atoms with E-state index >= 15 is 0 Å². The minimum Gasteiger partial charge on any atom is -0.497 e. The summed E-state index contributed by atoms with van der Waals surface area (Å²) in [5.41, 5.74) is 4.28. The average Bonchev–Trinajstić information content (AvgIpc) is 3.18. The van der Waals surface area contributed by atoms with Crippen molar-refractivity contribution in [3.63, 3.8) is 0 Å². The predicted octanol–water partition coefficient (Wildman–Crippen LogP) is 4.91. The summed E-state index contributed by atoms with van der Waals surface area (Å²) < 4.78 is 10.8. The van der Waals surface area contributed by atoms with Crippen LogP contribution >= 0.6 is 11.6 Å². The lowest BCUT2D eigenvalue weighted by atomic mass is 9.97. The van der Waals surface area contributed by atoms with Crippen molar-refractivity contribution in [2.24, 2.45) is 5.10 Å². The second-order valence-electron chi connectivity index (χ2n) is 7.26. The number of ether oxygens (including phenoxy) is 2. The van der Waals surface area contributed by atoms with Crippen molar-refractivity contribution in [2.75, 3.05) is 14.2 Å². The average molecular weight is 424 g/mol. The number of halogens is 1. The topological polar surface area (TPSA) is 64.0 Å². The third-order valence-corrected chi connectivity index (χ3v) is 5.57. The lowest BCUT2D eigenvalue weighted by Crippen LogP contribution is -2.24. The van der Waals surface area contributed by atoms with Crippen LogP contribution in [-0.4, -0.2) is 35.8 Å². The van der Waals surface area contributed by atoms with E-state index in [1.807, 2.05) is 37.3 Å². The van der Waals surface area contributed by atoms with Gasteiger partial charge in [-0.25, -0.2) is 9.99 Å². The molecule has 2 heterocycles. The van der Waals surface area contributed by atoms with E-state index in [4.69, 9.17) is 21.1 Å². The van der Waals surface area contributed by atoms with Gasteiger partial charge in [0.2, 0.25) is 5.91 Å². The molecule has 2 aromatic carbocycles. The molecule has 1 aliphatic heterocycles. The van der Waals surface area contributed by atoms with E-state index in [2.05, 4.69) is 16.2 Å². The maximum absolute atomic E-state index is 12.4. The lowest BCUT2D eigenvalue weighted by Gasteiger charge is -2.21. The summed E-state index contributed by atoms with van der Waals surface area (Å²) in [4.78, 5) is 16.9. The number of methoxy groups -OCH3 is 2. The zero-order valence-corrected chi connectivity index (χ0v) is 18.0. The Bertz CT molecular complexity index is 1180. The Morgan fingerprint density at radius 3 is 2.63 bits per heavy atom. The summed E-state index contributed by atoms with van der Waals surface area (Å²) >= 11 is 6.54. The molecule has 3 aromatic rings. The van der Waals surface area contributed by atoms with Crippen LogP contribution in [0.15, 0.2) is 47.6 Å². The van der Waals surface area contributed by atoms with Crippen molar-refractivity contribution >= 4 is 34.1 Å². The molecule has 0 aliphatic carbocycles. The minimum absolute atomic E-state index is 0.164. The van der Waals surface area contributed by atoms with Gasteiger partial charge < -0.3 is 9.47 Å². The highest BCUT2D eigenvalue weighted by Crippen LogP contribution is 2.39. The molecule has 30 heavy (non-hydrogen) atoms. The Hall–Kier alpha value is -3.12. The van der Waals surface area contributed by atoms with Crippen molar-refractivity contribution in [3.05, 3.63) is 64.3 Å². The molecule has 0 radical (unpaired) electrons. The number of pyridine rings is 1. The first kappa shape index (κ1) is 20.2. The van der Waals surface area contributed by atoms with Gasteiger partial charge in [0.25, 0.3) is 0 Å². The molecule has 0 spiro atoms. The normalized spacial score (nSPS) is 16.0. The van der Waals surface area contributed by atoms with Gasteiger partial charge >= 0.3 is 0 Å². The minimum atomic E-state index is -0.339. The fraction of sp³-hybridized carbons (Fsp3) is 0.261. The summed E-state index contributed by atoms with van der Waals surface area (Å²) in [6.07, 6.45) is 0.501. The zero-order valence-electron chi connectivity index (χ0n) is 17.3. The summed E-state index contributed by atoms with van der Waals surface area (Å²) in [7, 11) is 3.20. The molecule has 154 valence electrons. The molecule has 0 fully saturated rings. The van der Waals surface area contributed by atoms with Crippen LogP contribution in [0.1, 0.15) is 36.1 Å². The number of fused-ring (bicyclic) bond motifs is 1. The smallest absolute Gasteiger partial charge is 0.240 e. The Morgan fingerprint density at radius 1 is 1.13 bits per heavy atom. The van der Waals surface area contributed by atoms with Crippen LogP contribution in [0, 0.1) is 6.92 Å². The monoisotopic (exact) mass is 423 g/mol. The molecule has 0 N–H and O–H groups in total. The molecule has 6 nitrogen and oxygen atoms in total. The van der Waals surface area contributed by atoms with E-state index < -0.39 is 0 Å². The highest BCUT2D eigenvalue weighted by atomic mass is 35.5. The van der Waals surface area contributed by atoms with Crippen LogP contribution in [0.25, 0.3) is 10.9 Å². The van der Waals surface area contributed by atoms with Gasteiger partial charge in [-0.3, -0.25) is 4.79 Å². The second-order valence-corrected chi connectivity index (χ2v) is 7.62. The van der Waals surface area contributed by atoms with Gasteiger partial charge in [0.1, 0.15) is 16.7 Å². The Balaban J connectivity index is 1.77. The number of amides is 1. The molecular weight excluding hydrogens is 402 g/mol. The highest BCUT2D eigenvalue weighted by molar-refractivity contribution is 6.30. The molecule has 1 atom stereocenters. The van der Waals surface area contributed by atoms with Gasteiger partial charge in [-0.15, -0.1) is 0 Å². The summed E-state index contributed by atoms with van der Waals surface area (Å²) in [6, 6.07) is 13.2. The number of carbonyl (C=O) groups excluding carboxylic acids is 1. The predicted molar refractivity (Wildman–Crippen MR) is 117 cm³/mol. The Kier molecular flexibility index (Phi) is 5.35. The largest absolute Gasteiger partial charge is 0.497 e. The van der Waals surface area contributed by atoms with Gasteiger partial charge in [0.05, 0.1) is 31.5 Å². The number of hydrazone groups is 1. The molecule has 4 rings (SSSR count). The molecule has 1 aromatic heterocycles. The molecule has 0 bridgehead atoms. The standard InChI is InChI=1S/C23H22ClN3O3/c1-13-5-8-19-15(9-13)10-18(23(24)25-19)21-12-20(26-27(21)14(2)28)17-7-6-16(29-3)11-22(17)30-4/h5-11,21H,12H2,1-4H3. The molecule has 1 aliphatic rings. The molecule has 7 heteroatoms. The van der Waals surface area contributed by atoms with E-state index in [1.165, 1.54) is 11.9 Å². The second kappa shape index (κ2) is 7.95. The first-order valence-corrected chi connectivity index (χ1v) is 9.95. The first-order chi connectivity index (χ1) is 14.4. The van der Waals surface area contributed by atoms with E-state index in [0.717, 1.165) is 33.3 Å². The van der Waals surface area contributed by atoms with E-state index in [0.29, 0.717) is 23.1 Å². The maximum Gasteiger partial charge on any atom is 0.240 e. The lowest BCUT2D eigenvalue weighted by molar-refractivity contribution is -0.130. The molecule has 0 saturated heterocycles. The number of hydrogen-bond acceptors (Lipinski definition) is 5. The number of benzene rings is 2. The first-order valence-electron chi connectivity index (χ1n) is 9.57. The van der Waals surface area contributed by atoms with Crippen molar-refractivity contribution in [1.82, 2.24) is 9.99 Å². The van der Waals surface area contributed by atoms with Crippen LogP contribution in [0.2, 0.25) is 5.15 Å². The molecular formula is C23H22ClN3O3. The van der Waals surface area contributed by atoms with E-state index in [9.17, 15) is 4.79 Å². The van der Waals surface area contributed by atoms with Gasteiger partial charge in [-0.2, -0.15) is 5.10 Å². The molecule has 0 saturated carbocycles. The number of carbonyl (C=O) groups is 1. The third-order valence-electron chi connectivity index (χ3n) is 5.26. The molecule has 1 amide bonds. The maximum atomic E-state index is 12.4. The van der Waals surface area contributed by atoms with Gasteiger partial charge in [-0.05, 0) is 37.3 Å². The van der Waals surface area contributed by atoms with Crippen molar-refractivity contribution < 1.29 is 14.3 Å². The van der Waals surface area contributed by atoms with Gasteiger partial charge in [0, 0.05) is 35.9 Å². The van der Waals surface area contributed by atoms with Gasteiger partial charge in [0.15, 0.2) is 0 Å².